The first-order valence-electron chi connectivity index (χ1n) is 5.47. The van der Waals surface area contributed by atoms with Crippen LogP contribution in [-0.4, -0.2) is 36.0 Å². The van der Waals surface area contributed by atoms with Crippen LogP contribution in [-0.2, 0) is 0 Å². The third kappa shape index (κ3) is 2.74. The van der Waals surface area contributed by atoms with Crippen molar-refractivity contribution < 1.29 is 0 Å². The van der Waals surface area contributed by atoms with Gasteiger partial charge in [-0.15, -0.1) is 11.3 Å². The van der Waals surface area contributed by atoms with E-state index in [1.807, 2.05) is 17.8 Å². The second-order valence-electron chi connectivity index (χ2n) is 4.08. The third-order valence-corrected chi connectivity index (χ3v) is 5.60. The summed E-state index contributed by atoms with van der Waals surface area (Å²) in [5, 5.41) is 0. The molecule has 16 heavy (non-hydrogen) atoms. The zero-order valence-corrected chi connectivity index (χ0v) is 11.7. The number of rotatable bonds is 4. The van der Waals surface area contributed by atoms with Gasteiger partial charge < -0.3 is 5.73 Å². The lowest BCUT2D eigenvalue weighted by Gasteiger charge is -2.31. The highest BCUT2D eigenvalue weighted by molar-refractivity contribution is 7.99. The van der Waals surface area contributed by atoms with Crippen molar-refractivity contribution in [2.75, 3.05) is 25.1 Å². The summed E-state index contributed by atoms with van der Waals surface area (Å²) in [5.41, 5.74) is 5.90. The van der Waals surface area contributed by atoms with Gasteiger partial charge in [0.2, 0.25) is 0 Å². The Labute approximate surface area is 110 Å². The molecule has 2 unspecified atom stereocenters. The molecule has 1 saturated heterocycles. The summed E-state index contributed by atoms with van der Waals surface area (Å²) in [6, 6.07) is 5.05. The molecule has 2 heterocycles. The number of halogens is 1. The average molecular weight is 277 g/mol. The Hall–Kier alpha value is 0.260. The second kappa shape index (κ2) is 5.74. The van der Waals surface area contributed by atoms with Gasteiger partial charge in [-0.2, -0.15) is 11.8 Å². The van der Waals surface area contributed by atoms with Crippen molar-refractivity contribution in [1.82, 2.24) is 4.90 Å². The normalized spacial score (nSPS) is 22.9. The van der Waals surface area contributed by atoms with E-state index in [0.29, 0.717) is 18.6 Å². The molecule has 2 rings (SSSR count). The van der Waals surface area contributed by atoms with Gasteiger partial charge >= 0.3 is 0 Å². The molecule has 1 aliphatic heterocycles. The summed E-state index contributed by atoms with van der Waals surface area (Å²) in [6.45, 7) is 0.661. The number of hydrogen-bond donors (Lipinski definition) is 1. The maximum Gasteiger partial charge on any atom is 0.0931 e. The van der Waals surface area contributed by atoms with E-state index >= 15 is 0 Å². The van der Waals surface area contributed by atoms with E-state index in [0.717, 1.165) is 4.34 Å². The van der Waals surface area contributed by atoms with E-state index in [9.17, 15) is 0 Å². The Morgan fingerprint density at radius 1 is 1.62 bits per heavy atom. The van der Waals surface area contributed by atoms with Gasteiger partial charge in [0.25, 0.3) is 0 Å². The minimum absolute atomic E-state index is 0.321. The van der Waals surface area contributed by atoms with E-state index in [4.69, 9.17) is 17.3 Å². The lowest BCUT2D eigenvalue weighted by Crippen LogP contribution is -2.38. The number of nitrogens with two attached hydrogens (primary N) is 1. The van der Waals surface area contributed by atoms with Crippen molar-refractivity contribution in [1.29, 1.82) is 0 Å². The molecule has 0 bridgehead atoms. The lowest BCUT2D eigenvalue weighted by molar-refractivity contribution is 0.195. The summed E-state index contributed by atoms with van der Waals surface area (Å²) in [7, 11) is 2.18. The summed E-state index contributed by atoms with van der Waals surface area (Å²) in [4.78, 5) is 3.70. The van der Waals surface area contributed by atoms with Crippen molar-refractivity contribution in [2.24, 2.45) is 5.73 Å². The molecule has 5 heteroatoms. The second-order valence-corrected chi connectivity index (χ2v) is 6.97. The van der Waals surface area contributed by atoms with Crippen LogP contribution in [0.25, 0.3) is 0 Å². The Balaban J connectivity index is 2.09. The molecule has 2 nitrogen and oxygen atoms in total. The topological polar surface area (TPSA) is 29.3 Å². The monoisotopic (exact) mass is 276 g/mol. The summed E-state index contributed by atoms with van der Waals surface area (Å²) in [6.07, 6.45) is 1.27. The van der Waals surface area contributed by atoms with Crippen LogP contribution in [0.3, 0.4) is 0 Å². The highest BCUT2D eigenvalue weighted by Gasteiger charge is 2.26. The van der Waals surface area contributed by atoms with Crippen molar-refractivity contribution in [3.05, 3.63) is 21.3 Å². The SMILES string of the molecule is CN(C1CCSC1)C(CN)c1ccc(Cl)s1. The van der Waals surface area contributed by atoms with Gasteiger partial charge in [0, 0.05) is 23.2 Å². The number of likely N-dealkylation sites (N-methyl/N-ethyl adjacent to an activating group) is 1. The van der Waals surface area contributed by atoms with E-state index in [-0.39, 0.29) is 0 Å². The zero-order chi connectivity index (χ0) is 11.5. The van der Waals surface area contributed by atoms with E-state index in [1.54, 1.807) is 11.3 Å². The van der Waals surface area contributed by atoms with Crippen LogP contribution >= 0.6 is 34.7 Å². The zero-order valence-electron chi connectivity index (χ0n) is 9.36. The molecule has 90 valence electrons. The lowest BCUT2D eigenvalue weighted by atomic mass is 10.1. The molecule has 1 aromatic heterocycles. The quantitative estimate of drug-likeness (QED) is 0.917. The predicted molar refractivity (Wildman–Crippen MR) is 74.6 cm³/mol. The number of hydrogen-bond acceptors (Lipinski definition) is 4. The van der Waals surface area contributed by atoms with Gasteiger partial charge in [-0.25, -0.2) is 0 Å². The Kier molecular flexibility index (Phi) is 4.56. The van der Waals surface area contributed by atoms with Gasteiger partial charge in [-0.05, 0) is 31.4 Å². The van der Waals surface area contributed by atoms with Crippen LogP contribution in [0.1, 0.15) is 17.3 Å². The fourth-order valence-corrected chi connectivity index (χ4v) is 4.59. The highest BCUT2D eigenvalue weighted by atomic mass is 35.5. The summed E-state index contributed by atoms with van der Waals surface area (Å²) < 4.78 is 0.850. The van der Waals surface area contributed by atoms with Crippen molar-refractivity contribution in [2.45, 2.75) is 18.5 Å². The maximum atomic E-state index is 5.98. The van der Waals surface area contributed by atoms with Gasteiger partial charge in [-0.3, -0.25) is 4.90 Å². The van der Waals surface area contributed by atoms with Crippen LogP contribution in [0.15, 0.2) is 12.1 Å². The largest absolute Gasteiger partial charge is 0.329 e. The van der Waals surface area contributed by atoms with Crippen molar-refractivity contribution in [3.8, 4) is 0 Å². The van der Waals surface area contributed by atoms with Crippen LogP contribution in [0.5, 0.6) is 0 Å². The van der Waals surface area contributed by atoms with Crippen molar-refractivity contribution in [3.63, 3.8) is 0 Å². The van der Waals surface area contributed by atoms with Gasteiger partial charge in [0.15, 0.2) is 0 Å². The fourth-order valence-electron chi connectivity index (χ4n) is 2.09. The first kappa shape index (κ1) is 12.7. The van der Waals surface area contributed by atoms with E-state index in [2.05, 4.69) is 18.0 Å². The first-order valence-corrected chi connectivity index (χ1v) is 7.82. The molecule has 0 aliphatic carbocycles. The number of thiophene rings is 1. The minimum Gasteiger partial charge on any atom is -0.329 e. The standard InChI is InChI=1S/C11H17ClN2S2/c1-14(8-4-5-15-7-8)9(6-13)10-2-3-11(12)16-10/h2-3,8-9H,4-7,13H2,1H3. The highest BCUT2D eigenvalue weighted by Crippen LogP contribution is 2.33. The Morgan fingerprint density at radius 3 is 2.94 bits per heavy atom. The van der Waals surface area contributed by atoms with Gasteiger partial charge in [-0.1, -0.05) is 11.6 Å². The molecule has 2 atom stereocenters. The summed E-state index contributed by atoms with van der Waals surface area (Å²) >= 11 is 9.66. The fraction of sp³-hybridized carbons (Fsp3) is 0.636. The molecule has 0 amide bonds. The van der Waals surface area contributed by atoms with Gasteiger partial charge in [0.05, 0.1) is 10.4 Å². The number of thioether (sulfide) groups is 1. The number of nitrogens with zero attached hydrogens (tertiary/aromatic N) is 1. The molecular weight excluding hydrogens is 260 g/mol. The molecule has 0 spiro atoms. The molecule has 1 aromatic rings. The van der Waals surface area contributed by atoms with Crippen molar-refractivity contribution >= 4 is 34.7 Å². The molecule has 2 N–H and O–H groups in total. The van der Waals surface area contributed by atoms with Crippen LogP contribution in [0, 0.1) is 0 Å². The molecular formula is C11H17ClN2S2. The smallest absolute Gasteiger partial charge is 0.0931 e. The summed E-state index contributed by atoms with van der Waals surface area (Å²) in [5.74, 6) is 2.50. The van der Waals surface area contributed by atoms with Gasteiger partial charge in [0.1, 0.15) is 0 Å². The van der Waals surface area contributed by atoms with E-state index in [1.165, 1.54) is 22.8 Å². The maximum absolute atomic E-state index is 5.98. The van der Waals surface area contributed by atoms with Crippen LogP contribution in [0.2, 0.25) is 4.34 Å². The Bertz CT molecular complexity index is 336. The average Bonchev–Trinajstić information content (AvgIpc) is 2.90. The predicted octanol–water partition coefficient (Wildman–Crippen LogP) is 2.84. The van der Waals surface area contributed by atoms with Crippen LogP contribution < -0.4 is 5.73 Å². The third-order valence-electron chi connectivity index (χ3n) is 3.12. The Morgan fingerprint density at radius 2 is 2.44 bits per heavy atom. The molecule has 1 fully saturated rings. The minimum atomic E-state index is 0.321. The molecule has 0 radical (unpaired) electrons. The molecule has 0 aromatic carbocycles. The first-order chi connectivity index (χ1) is 7.72. The van der Waals surface area contributed by atoms with Crippen LogP contribution in [0.4, 0.5) is 0 Å². The van der Waals surface area contributed by atoms with E-state index < -0.39 is 0 Å². The molecule has 1 aliphatic rings. The molecule has 0 saturated carbocycles.